The molecule has 4 nitrogen and oxygen atoms in total. The third-order valence-corrected chi connectivity index (χ3v) is 5.17. The van der Waals surface area contributed by atoms with E-state index in [2.05, 4.69) is 5.32 Å². The molecule has 0 bridgehead atoms. The average molecular weight is 388 g/mol. The van der Waals surface area contributed by atoms with Crippen molar-refractivity contribution < 1.29 is 14.0 Å². The molecule has 29 heavy (non-hydrogen) atoms. The molecule has 1 N–H and O–H groups in total. The molecule has 0 spiro atoms. The van der Waals surface area contributed by atoms with Gasteiger partial charge in [-0.1, -0.05) is 54.6 Å². The van der Waals surface area contributed by atoms with Crippen molar-refractivity contribution in [3.63, 3.8) is 0 Å². The number of carbonyl (C=O) groups excluding carboxylic acids is 2. The Hall–Kier alpha value is -3.47. The Balaban J connectivity index is 1.61. The van der Waals surface area contributed by atoms with E-state index in [1.165, 1.54) is 12.1 Å². The monoisotopic (exact) mass is 388 g/mol. The highest BCUT2D eigenvalue weighted by Crippen LogP contribution is 2.31. The van der Waals surface area contributed by atoms with E-state index in [0.29, 0.717) is 24.1 Å². The van der Waals surface area contributed by atoms with Gasteiger partial charge in [-0.2, -0.15) is 0 Å². The lowest BCUT2D eigenvalue weighted by Crippen LogP contribution is -2.47. The molecule has 0 saturated heterocycles. The van der Waals surface area contributed by atoms with Gasteiger partial charge in [0.1, 0.15) is 11.9 Å². The zero-order chi connectivity index (χ0) is 20.2. The van der Waals surface area contributed by atoms with Crippen LogP contribution in [-0.2, 0) is 17.8 Å². The zero-order valence-electron chi connectivity index (χ0n) is 15.8. The van der Waals surface area contributed by atoms with Gasteiger partial charge in [-0.25, -0.2) is 4.39 Å². The largest absolute Gasteiger partial charge is 0.350 e. The highest BCUT2D eigenvalue weighted by atomic mass is 19.1. The van der Waals surface area contributed by atoms with Crippen molar-refractivity contribution in [2.45, 2.75) is 19.0 Å². The molecule has 1 unspecified atom stereocenters. The average Bonchev–Trinajstić information content (AvgIpc) is 2.77. The van der Waals surface area contributed by atoms with Crippen LogP contribution in [0.2, 0.25) is 0 Å². The third kappa shape index (κ3) is 4.04. The van der Waals surface area contributed by atoms with Crippen LogP contribution in [0.4, 0.5) is 4.39 Å². The Labute approximate surface area is 169 Å². The van der Waals surface area contributed by atoms with E-state index in [1.807, 2.05) is 42.5 Å². The van der Waals surface area contributed by atoms with E-state index < -0.39 is 6.04 Å². The number of fused-ring (bicyclic) bond motifs is 1. The molecule has 3 aromatic rings. The van der Waals surface area contributed by atoms with Crippen LogP contribution in [-0.4, -0.2) is 23.3 Å². The molecule has 1 atom stereocenters. The topological polar surface area (TPSA) is 49.4 Å². The summed E-state index contributed by atoms with van der Waals surface area (Å²) in [6.07, 6.45) is 0.697. The lowest BCUT2D eigenvalue weighted by molar-refractivity contribution is -0.126. The van der Waals surface area contributed by atoms with Crippen LogP contribution in [0.15, 0.2) is 78.9 Å². The number of nitrogens with zero attached hydrogens (tertiary/aromatic N) is 1. The maximum Gasteiger partial charge on any atom is 0.254 e. The van der Waals surface area contributed by atoms with Crippen LogP contribution in [0.5, 0.6) is 0 Å². The van der Waals surface area contributed by atoms with Crippen molar-refractivity contribution in [2.24, 2.45) is 0 Å². The molecule has 2 amide bonds. The fraction of sp³-hybridized carbons (Fsp3) is 0.167. The van der Waals surface area contributed by atoms with Crippen LogP contribution in [0, 0.1) is 5.82 Å². The van der Waals surface area contributed by atoms with E-state index in [0.717, 1.165) is 11.1 Å². The third-order valence-electron chi connectivity index (χ3n) is 5.17. The van der Waals surface area contributed by atoms with Gasteiger partial charge < -0.3 is 10.2 Å². The van der Waals surface area contributed by atoms with Gasteiger partial charge in [0.2, 0.25) is 5.91 Å². The molecule has 1 heterocycles. The number of hydrogen-bond donors (Lipinski definition) is 1. The number of halogens is 1. The van der Waals surface area contributed by atoms with Gasteiger partial charge >= 0.3 is 0 Å². The van der Waals surface area contributed by atoms with E-state index in [9.17, 15) is 14.0 Å². The lowest BCUT2D eigenvalue weighted by atomic mass is 9.91. The number of benzene rings is 3. The molecule has 146 valence electrons. The highest BCUT2D eigenvalue weighted by Gasteiger charge is 2.36. The van der Waals surface area contributed by atoms with Crippen LogP contribution in [0.1, 0.15) is 33.1 Å². The number of rotatable bonds is 4. The molecule has 1 aliphatic rings. The van der Waals surface area contributed by atoms with Crippen LogP contribution in [0.3, 0.4) is 0 Å². The summed E-state index contributed by atoms with van der Waals surface area (Å²) in [5, 5.41) is 2.87. The second-order valence-electron chi connectivity index (χ2n) is 7.06. The first-order chi connectivity index (χ1) is 14.1. The number of carbonyl (C=O) groups is 2. The summed E-state index contributed by atoms with van der Waals surface area (Å²) in [7, 11) is 0. The lowest BCUT2D eigenvalue weighted by Gasteiger charge is -2.36. The molecule has 0 aromatic heterocycles. The molecule has 0 fully saturated rings. The summed E-state index contributed by atoms with van der Waals surface area (Å²) in [6.45, 7) is 0.658. The molecule has 5 heteroatoms. The number of nitrogens with one attached hydrogen (secondary N) is 1. The van der Waals surface area contributed by atoms with Gasteiger partial charge in [0.15, 0.2) is 0 Å². The molecular weight excluding hydrogens is 367 g/mol. The quantitative estimate of drug-likeness (QED) is 0.737. The minimum Gasteiger partial charge on any atom is -0.350 e. The Morgan fingerprint density at radius 3 is 2.52 bits per heavy atom. The van der Waals surface area contributed by atoms with Crippen molar-refractivity contribution in [3.05, 3.63) is 107 Å². The molecular formula is C24H21FN2O2. The summed E-state index contributed by atoms with van der Waals surface area (Å²) >= 11 is 0. The SMILES string of the molecule is O=C(NCc1cccc(F)c1)C1c2ccccc2CCN1C(=O)c1ccccc1. The summed E-state index contributed by atoms with van der Waals surface area (Å²) in [5.74, 6) is -0.794. The van der Waals surface area contributed by atoms with Crippen LogP contribution >= 0.6 is 0 Å². The highest BCUT2D eigenvalue weighted by molar-refractivity contribution is 5.98. The van der Waals surface area contributed by atoms with Crippen molar-refractivity contribution in [2.75, 3.05) is 6.54 Å². The number of hydrogen-bond acceptors (Lipinski definition) is 2. The zero-order valence-corrected chi connectivity index (χ0v) is 15.8. The fourth-order valence-electron chi connectivity index (χ4n) is 3.75. The Morgan fingerprint density at radius 2 is 1.72 bits per heavy atom. The van der Waals surface area contributed by atoms with E-state index in [1.54, 1.807) is 29.2 Å². The maximum absolute atomic E-state index is 13.4. The minimum atomic E-state index is -0.721. The first kappa shape index (κ1) is 18.9. The van der Waals surface area contributed by atoms with Gasteiger partial charge in [-0.05, 0) is 47.4 Å². The minimum absolute atomic E-state index is 0.175. The Morgan fingerprint density at radius 1 is 0.966 bits per heavy atom. The summed E-state index contributed by atoms with van der Waals surface area (Å²) in [5.41, 5.74) is 3.12. The van der Waals surface area contributed by atoms with Gasteiger partial charge in [-0.3, -0.25) is 9.59 Å². The van der Waals surface area contributed by atoms with Crippen molar-refractivity contribution in [1.82, 2.24) is 10.2 Å². The van der Waals surface area contributed by atoms with Gasteiger partial charge in [0.25, 0.3) is 5.91 Å². The molecule has 3 aromatic carbocycles. The Bertz CT molecular complexity index is 1040. The smallest absolute Gasteiger partial charge is 0.254 e. The first-order valence-electron chi connectivity index (χ1n) is 9.59. The van der Waals surface area contributed by atoms with E-state index >= 15 is 0 Å². The molecule has 0 aliphatic carbocycles. The van der Waals surface area contributed by atoms with E-state index in [4.69, 9.17) is 0 Å². The van der Waals surface area contributed by atoms with Crippen LogP contribution in [0.25, 0.3) is 0 Å². The normalized spacial score (nSPS) is 15.5. The second-order valence-corrected chi connectivity index (χ2v) is 7.06. The van der Waals surface area contributed by atoms with Gasteiger partial charge in [0, 0.05) is 18.7 Å². The second kappa shape index (κ2) is 8.27. The van der Waals surface area contributed by atoms with E-state index in [-0.39, 0.29) is 24.2 Å². The molecule has 0 radical (unpaired) electrons. The maximum atomic E-state index is 13.4. The Kier molecular flexibility index (Phi) is 5.38. The summed E-state index contributed by atoms with van der Waals surface area (Å²) in [6, 6.07) is 22.1. The predicted octanol–water partition coefficient (Wildman–Crippen LogP) is 3.88. The van der Waals surface area contributed by atoms with Crippen molar-refractivity contribution in [1.29, 1.82) is 0 Å². The van der Waals surface area contributed by atoms with Crippen molar-refractivity contribution in [3.8, 4) is 0 Å². The molecule has 1 aliphatic heterocycles. The first-order valence-corrected chi connectivity index (χ1v) is 9.59. The van der Waals surface area contributed by atoms with Gasteiger partial charge in [-0.15, -0.1) is 0 Å². The molecule has 0 saturated carbocycles. The standard InChI is InChI=1S/C24H21FN2O2/c25-20-11-6-7-17(15-20)16-26-23(28)22-21-12-5-4-8-18(21)13-14-27(22)24(29)19-9-2-1-3-10-19/h1-12,15,22H,13-14,16H2,(H,26,28). The van der Waals surface area contributed by atoms with Gasteiger partial charge in [0.05, 0.1) is 0 Å². The van der Waals surface area contributed by atoms with Crippen LogP contribution < -0.4 is 5.32 Å². The fourth-order valence-corrected chi connectivity index (χ4v) is 3.75. The van der Waals surface area contributed by atoms with Crippen molar-refractivity contribution >= 4 is 11.8 Å². The summed E-state index contributed by atoms with van der Waals surface area (Å²) in [4.78, 5) is 27.9. The molecule has 4 rings (SSSR count). The number of amides is 2. The predicted molar refractivity (Wildman–Crippen MR) is 109 cm³/mol. The summed E-state index contributed by atoms with van der Waals surface area (Å²) < 4.78 is 13.4.